The quantitative estimate of drug-likeness (QED) is 0.815. The van der Waals surface area contributed by atoms with Crippen molar-refractivity contribution in [2.45, 2.75) is 13.5 Å². The molecular formula is C21H23NO5. The normalized spacial score (nSPS) is 14.4. The molecule has 0 unspecified atom stereocenters. The van der Waals surface area contributed by atoms with Crippen LogP contribution in [0.1, 0.15) is 27.0 Å². The second kappa shape index (κ2) is 7.32. The minimum atomic E-state index is -0.206. The van der Waals surface area contributed by atoms with E-state index in [1.54, 1.807) is 45.4 Å². The molecule has 1 aliphatic rings. The maximum Gasteiger partial charge on any atom is 0.231 e. The molecule has 27 heavy (non-hydrogen) atoms. The molecule has 2 aromatic rings. The lowest BCUT2D eigenvalue weighted by atomic mass is 10.0. The molecule has 6 heteroatoms. The first kappa shape index (κ1) is 18.8. The number of carbonyl (C=O) groups excluding carboxylic acids is 1. The summed E-state index contributed by atoms with van der Waals surface area (Å²) in [4.78, 5) is 14.8. The van der Waals surface area contributed by atoms with Gasteiger partial charge in [-0.2, -0.15) is 0 Å². The topological polar surface area (TPSA) is 68.2 Å². The summed E-state index contributed by atoms with van der Waals surface area (Å²) >= 11 is 0. The first-order chi connectivity index (χ1) is 12.8. The average molecular weight is 369 g/mol. The van der Waals surface area contributed by atoms with Crippen LogP contribution in [0.25, 0.3) is 6.08 Å². The van der Waals surface area contributed by atoms with Crippen LogP contribution in [0, 0.1) is 6.92 Å². The minimum Gasteiger partial charge on any atom is -0.507 e. The summed E-state index contributed by atoms with van der Waals surface area (Å²) in [6.45, 7) is 2.28. The highest BCUT2D eigenvalue weighted by Crippen LogP contribution is 2.41. The standard InChI is InChI=1S/C21H23NO5/c1-12-19(23)14(11-22(2)3)10-15-20(24)18(27-21(12)15)9-13-6-7-16(25-4)17(8-13)26-5/h6-10,23H,11H2,1-5H3. The third kappa shape index (κ3) is 3.48. The molecule has 0 aliphatic carbocycles. The number of hydrogen-bond acceptors (Lipinski definition) is 6. The first-order valence-corrected chi connectivity index (χ1v) is 8.52. The van der Waals surface area contributed by atoms with Crippen molar-refractivity contribution < 1.29 is 24.1 Å². The summed E-state index contributed by atoms with van der Waals surface area (Å²) in [5.41, 5.74) is 2.47. The third-order valence-corrected chi connectivity index (χ3v) is 4.44. The number of ketones is 1. The lowest BCUT2D eigenvalue weighted by Crippen LogP contribution is -2.11. The Kier molecular flexibility index (Phi) is 5.10. The van der Waals surface area contributed by atoms with E-state index in [-0.39, 0.29) is 17.3 Å². The number of phenolic OH excluding ortho intramolecular Hbond substituents is 1. The van der Waals surface area contributed by atoms with Crippen LogP contribution in [0.3, 0.4) is 0 Å². The number of methoxy groups -OCH3 is 2. The molecule has 3 rings (SSSR count). The van der Waals surface area contributed by atoms with Gasteiger partial charge in [0.2, 0.25) is 5.78 Å². The van der Waals surface area contributed by atoms with Gasteiger partial charge in [-0.1, -0.05) is 6.07 Å². The molecule has 2 aromatic carbocycles. The summed E-state index contributed by atoms with van der Waals surface area (Å²) in [6, 6.07) is 7.06. The Balaban J connectivity index is 1.99. The molecule has 142 valence electrons. The number of rotatable bonds is 5. The summed E-state index contributed by atoms with van der Waals surface area (Å²) < 4.78 is 16.3. The lowest BCUT2D eigenvalue weighted by Gasteiger charge is -2.14. The molecule has 0 spiro atoms. The van der Waals surface area contributed by atoms with Gasteiger partial charge in [-0.3, -0.25) is 4.79 Å². The van der Waals surface area contributed by atoms with Crippen molar-refractivity contribution in [1.29, 1.82) is 0 Å². The Bertz CT molecular complexity index is 931. The van der Waals surface area contributed by atoms with Crippen molar-refractivity contribution in [1.82, 2.24) is 4.90 Å². The van der Waals surface area contributed by atoms with Crippen molar-refractivity contribution in [3.05, 3.63) is 52.3 Å². The second-order valence-corrected chi connectivity index (χ2v) is 6.68. The monoisotopic (exact) mass is 369 g/mol. The fourth-order valence-corrected chi connectivity index (χ4v) is 3.10. The molecule has 0 fully saturated rings. The zero-order chi connectivity index (χ0) is 19.7. The minimum absolute atomic E-state index is 0.155. The number of carbonyl (C=O) groups is 1. The van der Waals surface area contributed by atoms with Crippen LogP contribution in [0.5, 0.6) is 23.0 Å². The fourth-order valence-electron chi connectivity index (χ4n) is 3.10. The maximum absolute atomic E-state index is 12.8. The van der Waals surface area contributed by atoms with Gasteiger partial charge >= 0.3 is 0 Å². The Morgan fingerprint density at radius 2 is 1.85 bits per heavy atom. The van der Waals surface area contributed by atoms with Gasteiger partial charge in [0.25, 0.3) is 0 Å². The van der Waals surface area contributed by atoms with Crippen LogP contribution in [0.4, 0.5) is 0 Å². The van der Waals surface area contributed by atoms with E-state index in [4.69, 9.17) is 14.2 Å². The van der Waals surface area contributed by atoms with Crippen molar-refractivity contribution in [2.24, 2.45) is 0 Å². The highest BCUT2D eigenvalue weighted by molar-refractivity contribution is 6.15. The zero-order valence-electron chi connectivity index (χ0n) is 16.1. The molecule has 1 N–H and O–H groups in total. The lowest BCUT2D eigenvalue weighted by molar-refractivity contribution is 0.101. The Labute approximate surface area is 158 Å². The van der Waals surface area contributed by atoms with Gasteiger partial charge in [0.05, 0.1) is 19.8 Å². The van der Waals surface area contributed by atoms with E-state index >= 15 is 0 Å². The average Bonchev–Trinajstić information content (AvgIpc) is 2.95. The van der Waals surface area contributed by atoms with Crippen LogP contribution in [0.15, 0.2) is 30.0 Å². The van der Waals surface area contributed by atoms with Crippen molar-refractivity contribution in [3.63, 3.8) is 0 Å². The summed E-state index contributed by atoms with van der Waals surface area (Å²) in [7, 11) is 6.93. The van der Waals surface area contributed by atoms with E-state index in [1.165, 1.54) is 0 Å². The second-order valence-electron chi connectivity index (χ2n) is 6.68. The zero-order valence-corrected chi connectivity index (χ0v) is 16.1. The van der Waals surface area contributed by atoms with Crippen LogP contribution in [0.2, 0.25) is 0 Å². The molecular weight excluding hydrogens is 346 g/mol. The van der Waals surface area contributed by atoms with Gasteiger partial charge in [0, 0.05) is 17.7 Å². The SMILES string of the molecule is COc1ccc(C=C2Oc3c(cc(CN(C)C)c(O)c3C)C2=O)cc1OC. The predicted octanol–water partition coefficient (Wildman–Crippen LogP) is 3.40. The number of ether oxygens (including phenoxy) is 3. The molecule has 0 atom stereocenters. The van der Waals surface area contributed by atoms with Gasteiger partial charge in [-0.15, -0.1) is 0 Å². The number of benzene rings is 2. The Hall–Kier alpha value is -2.99. The summed E-state index contributed by atoms with van der Waals surface area (Å²) in [5.74, 6) is 1.74. The molecule has 0 amide bonds. The van der Waals surface area contributed by atoms with E-state index in [2.05, 4.69) is 0 Å². The molecule has 0 radical (unpaired) electrons. The van der Waals surface area contributed by atoms with E-state index < -0.39 is 0 Å². The molecule has 1 aliphatic heterocycles. The van der Waals surface area contributed by atoms with Crippen LogP contribution >= 0.6 is 0 Å². The highest BCUT2D eigenvalue weighted by atomic mass is 16.5. The summed E-state index contributed by atoms with van der Waals surface area (Å²) in [6.07, 6.45) is 1.66. The molecule has 0 saturated heterocycles. The number of aromatic hydroxyl groups is 1. The van der Waals surface area contributed by atoms with E-state index in [0.717, 1.165) is 5.56 Å². The number of fused-ring (bicyclic) bond motifs is 1. The maximum atomic E-state index is 12.8. The van der Waals surface area contributed by atoms with Crippen LogP contribution in [-0.4, -0.2) is 44.1 Å². The number of allylic oxidation sites excluding steroid dienone is 1. The van der Waals surface area contributed by atoms with Crippen LogP contribution in [-0.2, 0) is 6.54 Å². The van der Waals surface area contributed by atoms with Crippen LogP contribution < -0.4 is 14.2 Å². The highest BCUT2D eigenvalue weighted by Gasteiger charge is 2.31. The van der Waals surface area contributed by atoms with Gasteiger partial charge in [-0.25, -0.2) is 0 Å². The van der Waals surface area contributed by atoms with Gasteiger partial charge in [0.1, 0.15) is 11.5 Å². The molecule has 1 heterocycles. The van der Waals surface area contributed by atoms with Crippen molar-refractivity contribution in [3.8, 4) is 23.0 Å². The molecule has 0 bridgehead atoms. The van der Waals surface area contributed by atoms with Crippen molar-refractivity contribution in [2.75, 3.05) is 28.3 Å². The van der Waals surface area contributed by atoms with Crippen molar-refractivity contribution >= 4 is 11.9 Å². The largest absolute Gasteiger partial charge is 0.507 e. The number of phenols is 1. The number of nitrogens with zero attached hydrogens (tertiary/aromatic N) is 1. The van der Waals surface area contributed by atoms with E-state index in [1.807, 2.05) is 25.1 Å². The van der Waals surface area contributed by atoms with Gasteiger partial charge < -0.3 is 24.2 Å². The third-order valence-electron chi connectivity index (χ3n) is 4.44. The Morgan fingerprint density at radius 3 is 2.48 bits per heavy atom. The smallest absolute Gasteiger partial charge is 0.231 e. The molecule has 6 nitrogen and oxygen atoms in total. The Morgan fingerprint density at radius 1 is 1.15 bits per heavy atom. The summed E-state index contributed by atoms with van der Waals surface area (Å²) in [5, 5.41) is 10.4. The van der Waals surface area contributed by atoms with Gasteiger partial charge in [-0.05, 0) is 50.9 Å². The predicted molar refractivity (Wildman–Crippen MR) is 103 cm³/mol. The first-order valence-electron chi connectivity index (χ1n) is 8.52. The number of hydrogen-bond donors (Lipinski definition) is 1. The fraction of sp³-hybridized carbons (Fsp3) is 0.286. The number of Topliss-reactive ketones (excluding diaryl/α,β-unsaturated/α-hetero) is 1. The molecule has 0 aromatic heterocycles. The van der Waals surface area contributed by atoms with E-state index in [9.17, 15) is 9.90 Å². The van der Waals surface area contributed by atoms with E-state index in [0.29, 0.717) is 40.5 Å². The van der Waals surface area contributed by atoms with Gasteiger partial charge in [0.15, 0.2) is 17.3 Å². The molecule has 0 saturated carbocycles.